The van der Waals surface area contributed by atoms with Crippen molar-refractivity contribution in [3.8, 4) is 22.1 Å². The summed E-state index contributed by atoms with van der Waals surface area (Å²) in [5.74, 6) is 1.37. The van der Waals surface area contributed by atoms with Gasteiger partial charge in [0.1, 0.15) is 5.01 Å². The number of hydrogen-bond donors (Lipinski definition) is 1. The lowest BCUT2D eigenvalue weighted by Crippen LogP contribution is -2.49. The van der Waals surface area contributed by atoms with Crippen molar-refractivity contribution in [3.63, 3.8) is 0 Å². The van der Waals surface area contributed by atoms with Crippen LogP contribution in [-0.4, -0.2) is 53.8 Å². The van der Waals surface area contributed by atoms with Crippen LogP contribution in [0.15, 0.2) is 53.9 Å². The first-order valence-corrected chi connectivity index (χ1v) is 10.8. The number of hydrogen-bond acceptors (Lipinski definition) is 6. The van der Waals surface area contributed by atoms with Gasteiger partial charge in [0.25, 0.3) is 0 Å². The van der Waals surface area contributed by atoms with Gasteiger partial charge in [-0.2, -0.15) is 0 Å². The predicted octanol–water partition coefficient (Wildman–Crippen LogP) is 3.89. The highest BCUT2D eigenvalue weighted by Gasteiger charge is 2.22. The first-order valence-electron chi connectivity index (χ1n) is 9.92. The van der Waals surface area contributed by atoms with Crippen LogP contribution in [0.4, 0.5) is 10.5 Å². The van der Waals surface area contributed by atoms with Crippen LogP contribution in [0.3, 0.4) is 0 Å². The molecule has 2 aliphatic rings. The van der Waals surface area contributed by atoms with E-state index < -0.39 is 0 Å². The summed E-state index contributed by atoms with van der Waals surface area (Å²) in [4.78, 5) is 21.6. The maximum atomic E-state index is 12.6. The van der Waals surface area contributed by atoms with E-state index in [0.717, 1.165) is 35.9 Å². The number of nitrogens with zero attached hydrogens (tertiary/aromatic N) is 3. The molecule has 1 aromatic heterocycles. The third-order valence-electron chi connectivity index (χ3n) is 5.24. The Hall–Kier alpha value is -3.10. The van der Waals surface area contributed by atoms with Crippen LogP contribution < -0.4 is 14.8 Å². The quantitative estimate of drug-likeness (QED) is 0.691. The van der Waals surface area contributed by atoms with Crippen molar-refractivity contribution in [1.29, 1.82) is 0 Å². The Morgan fingerprint density at radius 3 is 2.67 bits per heavy atom. The van der Waals surface area contributed by atoms with E-state index in [-0.39, 0.29) is 12.8 Å². The molecule has 0 atom stereocenters. The summed E-state index contributed by atoms with van der Waals surface area (Å²) in [6.45, 7) is 4.05. The van der Waals surface area contributed by atoms with Crippen LogP contribution in [0.25, 0.3) is 10.6 Å². The number of aromatic nitrogens is 1. The molecule has 0 bridgehead atoms. The molecule has 0 spiro atoms. The van der Waals surface area contributed by atoms with E-state index in [1.165, 1.54) is 0 Å². The average molecular weight is 423 g/mol. The monoisotopic (exact) mass is 422 g/mol. The van der Waals surface area contributed by atoms with Gasteiger partial charge in [0.15, 0.2) is 11.5 Å². The minimum atomic E-state index is -0.0893. The Morgan fingerprint density at radius 1 is 1.03 bits per heavy atom. The third-order valence-corrected chi connectivity index (χ3v) is 6.18. The van der Waals surface area contributed by atoms with E-state index in [0.29, 0.717) is 30.3 Å². The fraction of sp³-hybridized carbons (Fsp3) is 0.273. The number of rotatable bonds is 4. The molecule has 7 nitrogen and oxygen atoms in total. The molecular weight excluding hydrogens is 400 g/mol. The molecule has 0 radical (unpaired) electrons. The Balaban J connectivity index is 1.13. The van der Waals surface area contributed by atoms with E-state index in [9.17, 15) is 4.79 Å². The van der Waals surface area contributed by atoms with E-state index in [4.69, 9.17) is 14.5 Å². The summed E-state index contributed by atoms with van der Waals surface area (Å²) in [6, 6.07) is 15.6. The zero-order valence-electron chi connectivity index (χ0n) is 16.4. The Bertz CT molecular complexity index is 1030. The van der Waals surface area contributed by atoms with Crippen molar-refractivity contribution in [2.24, 2.45) is 0 Å². The third kappa shape index (κ3) is 4.10. The highest BCUT2D eigenvalue weighted by molar-refractivity contribution is 7.13. The summed E-state index contributed by atoms with van der Waals surface area (Å²) in [5.41, 5.74) is 2.94. The smallest absolute Gasteiger partial charge is 0.321 e. The van der Waals surface area contributed by atoms with Gasteiger partial charge < -0.3 is 19.7 Å². The molecule has 3 aromatic rings. The zero-order valence-corrected chi connectivity index (χ0v) is 17.2. The molecule has 2 aromatic carbocycles. The molecule has 30 heavy (non-hydrogen) atoms. The highest BCUT2D eigenvalue weighted by Crippen LogP contribution is 2.34. The standard InChI is InChI=1S/C22H22N4O3S/c27-22(24-17-6-7-19-20(12-17)29-15-28-19)26-10-8-25(9-11-26)13-18-14-30-21(23-18)16-4-2-1-3-5-16/h1-7,12,14H,8-11,13,15H2,(H,24,27). The minimum absolute atomic E-state index is 0.0893. The fourth-order valence-electron chi connectivity index (χ4n) is 3.61. The summed E-state index contributed by atoms with van der Waals surface area (Å²) in [5, 5.41) is 6.12. The van der Waals surface area contributed by atoms with Crippen molar-refractivity contribution < 1.29 is 14.3 Å². The van der Waals surface area contributed by atoms with Gasteiger partial charge >= 0.3 is 6.03 Å². The predicted molar refractivity (Wildman–Crippen MR) is 116 cm³/mol. The zero-order chi connectivity index (χ0) is 20.3. The highest BCUT2D eigenvalue weighted by atomic mass is 32.1. The number of urea groups is 1. The van der Waals surface area contributed by atoms with E-state index in [1.54, 1.807) is 17.4 Å². The van der Waals surface area contributed by atoms with Crippen molar-refractivity contribution in [3.05, 3.63) is 59.6 Å². The van der Waals surface area contributed by atoms with Crippen LogP contribution in [0.2, 0.25) is 0 Å². The summed E-state index contributed by atoms with van der Waals surface area (Å²) < 4.78 is 10.7. The Kier molecular flexibility index (Phi) is 5.25. The lowest BCUT2D eigenvalue weighted by Gasteiger charge is -2.34. The second-order valence-corrected chi connectivity index (χ2v) is 8.13. The second kappa shape index (κ2) is 8.33. The number of amides is 2. The van der Waals surface area contributed by atoms with Crippen LogP contribution in [-0.2, 0) is 6.54 Å². The number of piperazine rings is 1. The average Bonchev–Trinajstić information content (AvgIpc) is 3.44. The number of anilines is 1. The summed E-state index contributed by atoms with van der Waals surface area (Å²) >= 11 is 1.67. The summed E-state index contributed by atoms with van der Waals surface area (Å²) in [6.07, 6.45) is 0. The maximum absolute atomic E-state index is 12.6. The van der Waals surface area contributed by atoms with E-state index in [1.807, 2.05) is 35.2 Å². The van der Waals surface area contributed by atoms with Gasteiger partial charge in [-0.25, -0.2) is 9.78 Å². The fourth-order valence-corrected chi connectivity index (χ4v) is 4.42. The van der Waals surface area contributed by atoms with Gasteiger partial charge in [-0.05, 0) is 12.1 Å². The Labute approximate surface area is 178 Å². The number of benzene rings is 2. The SMILES string of the molecule is O=C(Nc1ccc2c(c1)OCO2)N1CCN(Cc2csc(-c3ccccc3)n2)CC1. The molecular formula is C22H22N4O3S. The molecule has 1 N–H and O–H groups in total. The van der Waals surface area contributed by atoms with Crippen LogP contribution >= 0.6 is 11.3 Å². The molecule has 1 fully saturated rings. The van der Waals surface area contributed by atoms with Gasteiger partial charge in [0, 0.05) is 55.4 Å². The van der Waals surface area contributed by atoms with Crippen LogP contribution in [0.5, 0.6) is 11.5 Å². The first kappa shape index (κ1) is 18.9. The van der Waals surface area contributed by atoms with Gasteiger partial charge in [0.2, 0.25) is 6.79 Å². The van der Waals surface area contributed by atoms with Crippen molar-refractivity contribution in [1.82, 2.24) is 14.8 Å². The molecule has 0 saturated carbocycles. The molecule has 5 rings (SSSR count). The molecule has 1 saturated heterocycles. The van der Waals surface area contributed by atoms with Crippen LogP contribution in [0, 0.1) is 0 Å². The molecule has 0 aliphatic carbocycles. The van der Waals surface area contributed by atoms with Crippen molar-refractivity contribution >= 4 is 23.1 Å². The normalized spacial score (nSPS) is 15.9. The second-order valence-electron chi connectivity index (χ2n) is 7.27. The molecule has 2 amide bonds. The first-order chi connectivity index (χ1) is 14.7. The maximum Gasteiger partial charge on any atom is 0.321 e. The van der Waals surface area contributed by atoms with Gasteiger partial charge in [-0.15, -0.1) is 11.3 Å². The number of carbonyl (C=O) groups is 1. The van der Waals surface area contributed by atoms with Crippen molar-refractivity contribution in [2.45, 2.75) is 6.54 Å². The molecule has 3 heterocycles. The topological polar surface area (TPSA) is 66.9 Å². The number of nitrogens with one attached hydrogen (secondary N) is 1. The number of ether oxygens (including phenoxy) is 2. The Morgan fingerprint density at radius 2 is 1.83 bits per heavy atom. The van der Waals surface area contributed by atoms with Crippen molar-refractivity contribution in [2.75, 3.05) is 38.3 Å². The summed E-state index contributed by atoms with van der Waals surface area (Å²) in [7, 11) is 0. The number of thiazole rings is 1. The molecule has 8 heteroatoms. The van der Waals surface area contributed by atoms with Crippen LogP contribution in [0.1, 0.15) is 5.69 Å². The number of fused-ring (bicyclic) bond motifs is 1. The van der Waals surface area contributed by atoms with Gasteiger partial charge in [0.05, 0.1) is 5.69 Å². The van der Waals surface area contributed by atoms with Gasteiger partial charge in [-0.1, -0.05) is 30.3 Å². The largest absolute Gasteiger partial charge is 0.454 e. The minimum Gasteiger partial charge on any atom is -0.454 e. The molecule has 0 unspecified atom stereocenters. The number of carbonyl (C=O) groups excluding carboxylic acids is 1. The lowest BCUT2D eigenvalue weighted by molar-refractivity contribution is 0.142. The van der Waals surface area contributed by atoms with E-state index >= 15 is 0 Å². The van der Waals surface area contributed by atoms with E-state index in [2.05, 4.69) is 27.7 Å². The molecule has 154 valence electrons. The molecule has 2 aliphatic heterocycles. The lowest BCUT2D eigenvalue weighted by atomic mass is 10.2. The van der Waals surface area contributed by atoms with Gasteiger partial charge in [-0.3, -0.25) is 4.90 Å².